The minimum absolute atomic E-state index is 0.0269. The number of hydrogen-bond acceptors (Lipinski definition) is 3. The Labute approximate surface area is 129 Å². The molecular weight excluding hydrogens is 299 g/mol. The lowest BCUT2D eigenvalue weighted by Gasteiger charge is -2.37. The van der Waals surface area contributed by atoms with Crippen LogP contribution < -0.4 is 5.32 Å². The molecule has 0 aromatic heterocycles. The number of hydrogen-bond donors (Lipinski definition) is 1. The summed E-state index contributed by atoms with van der Waals surface area (Å²) in [4.78, 5) is 0. The number of alkyl halides is 3. The lowest BCUT2D eigenvalue weighted by atomic mass is 9.76. The molecule has 0 aromatic rings. The van der Waals surface area contributed by atoms with E-state index < -0.39 is 5.51 Å². The second-order valence-corrected chi connectivity index (χ2v) is 8.55. The number of ether oxygens (including phenoxy) is 1. The Bertz CT molecular complexity index is 352. The molecule has 6 heteroatoms. The van der Waals surface area contributed by atoms with E-state index in [1.807, 2.05) is 0 Å². The molecule has 2 atom stereocenters. The molecule has 0 amide bonds. The minimum Gasteiger partial charge on any atom is -0.377 e. The molecule has 1 saturated heterocycles. The van der Waals surface area contributed by atoms with Crippen molar-refractivity contribution in [1.82, 2.24) is 5.32 Å². The molecule has 0 radical (unpaired) electrons. The molecule has 1 aliphatic carbocycles. The van der Waals surface area contributed by atoms with Gasteiger partial charge in [-0.2, -0.15) is 13.2 Å². The van der Waals surface area contributed by atoms with E-state index >= 15 is 0 Å². The molecule has 124 valence electrons. The Morgan fingerprint density at radius 1 is 1.24 bits per heavy atom. The van der Waals surface area contributed by atoms with Gasteiger partial charge in [-0.25, -0.2) is 0 Å². The molecule has 2 aliphatic rings. The van der Waals surface area contributed by atoms with Crippen LogP contribution >= 0.6 is 11.8 Å². The van der Waals surface area contributed by atoms with Gasteiger partial charge < -0.3 is 10.1 Å². The van der Waals surface area contributed by atoms with Crippen molar-refractivity contribution in [3.05, 3.63) is 0 Å². The van der Waals surface area contributed by atoms with Gasteiger partial charge in [0.25, 0.3) is 0 Å². The van der Waals surface area contributed by atoms with Gasteiger partial charge >= 0.3 is 5.51 Å². The average Bonchev–Trinajstić information content (AvgIpc) is 3.07. The topological polar surface area (TPSA) is 21.3 Å². The molecule has 2 unspecified atom stereocenters. The van der Waals surface area contributed by atoms with E-state index in [-0.39, 0.29) is 34.6 Å². The normalized spacial score (nSPS) is 30.9. The first kappa shape index (κ1) is 17.4. The highest BCUT2D eigenvalue weighted by Gasteiger charge is 2.51. The van der Waals surface area contributed by atoms with Gasteiger partial charge in [0.15, 0.2) is 0 Å². The predicted molar refractivity (Wildman–Crippen MR) is 80.4 cm³/mol. The Hall–Kier alpha value is 0.0600. The van der Waals surface area contributed by atoms with Crippen molar-refractivity contribution < 1.29 is 17.9 Å². The highest BCUT2D eigenvalue weighted by atomic mass is 32.2. The van der Waals surface area contributed by atoms with Gasteiger partial charge in [-0.1, -0.05) is 11.8 Å². The molecule has 1 saturated carbocycles. The highest BCUT2D eigenvalue weighted by molar-refractivity contribution is 8.00. The molecule has 2 fully saturated rings. The maximum Gasteiger partial charge on any atom is 0.441 e. The highest BCUT2D eigenvalue weighted by Crippen LogP contribution is 2.50. The molecule has 1 N–H and O–H groups in total. The first-order valence-electron chi connectivity index (χ1n) is 7.69. The maximum atomic E-state index is 12.4. The van der Waals surface area contributed by atoms with E-state index in [1.54, 1.807) is 0 Å². The Morgan fingerprint density at radius 3 is 2.43 bits per heavy atom. The third-order valence-corrected chi connectivity index (χ3v) is 5.12. The average molecular weight is 325 g/mol. The van der Waals surface area contributed by atoms with E-state index in [0.717, 1.165) is 25.8 Å². The zero-order valence-electron chi connectivity index (χ0n) is 13.1. The van der Waals surface area contributed by atoms with Crippen LogP contribution in [-0.2, 0) is 4.74 Å². The molecule has 1 heterocycles. The Balaban J connectivity index is 1.99. The maximum absolute atomic E-state index is 12.4. The van der Waals surface area contributed by atoms with Crippen molar-refractivity contribution in [2.45, 2.75) is 63.6 Å². The molecule has 0 bridgehead atoms. The zero-order valence-corrected chi connectivity index (χ0v) is 13.9. The van der Waals surface area contributed by atoms with Crippen LogP contribution in [0.5, 0.6) is 0 Å². The minimum atomic E-state index is -4.13. The van der Waals surface area contributed by atoms with Crippen molar-refractivity contribution in [1.29, 1.82) is 0 Å². The van der Waals surface area contributed by atoms with E-state index in [0.29, 0.717) is 18.9 Å². The van der Waals surface area contributed by atoms with Crippen LogP contribution in [-0.4, -0.2) is 36.1 Å². The summed E-state index contributed by atoms with van der Waals surface area (Å²) < 4.78 is 43.2. The first-order valence-corrected chi connectivity index (χ1v) is 8.67. The third kappa shape index (κ3) is 5.32. The smallest absolute Gasteiger partial charge is 0.377 e. The summed E-state index contributed by atoms with van der Waals surface area (Å²) in [5.74, 6) is 0.687. The summed E-state index contributed by atoms with van der Waals surface area (Å²) in [6, 6.07) is 0. The zero-order chi connectivity index (χ0) is 15.7. The number of nitrogens with one attached hydrogen (secondary N) is 1. The largest absolute Gasteiger partial charge is 0.441 e. The first-order chi connectivity index (χ1) is 9.61. The lowest BCUT2D eigenvalue weighted by Crippen LogP contribution is -2.48. The second kappa shape index (κ2) is 6.28. The molecule has 2 nitrogen and oxygen atoms in total. The molecule has 0 aromatic carbocycles. The van der Waals surface area contributed by atoms with Crippen LogP contribution in [0.2, 0.25) is 0 Å². The molecule has 21 heavy (non-hydrogen) atoms. The Morgan fingerprint density at radius 2 is 1.90 bits per heavy atom. The van der Waals surface area contributed by atoms with Gasteiger partial charge in [-0.05, 0) is 52.4 Å². The van der Waals surface area contributed by atoms with E-state index in [9.17, 15) is 13.2 Å². The van der Waals surface area contributed by atoms with E-state index in [1.165, 1.54) is 0 Å². The fourth-order valence-corrected chi connectivity index (χ4v) is 3.84. The second-order valence-electron chi connectivity index (χ2n) is 7.39. The summed E-state index contributed by atoms with van der Waals surface area (Å²) in [6.45, 7) is 7.70. The fraction of sp³-hybridized carbons (Fsp3) is 1.00. The van der Waals surface area contributed by atoms with Gasteiger partial charge in [0.05, 0.1) is 6.10 Å². The number of halogens is 3. The Kier molecular flexibility index (Phi) is 5.21. The molecule has 1 aliphatic heterocycles. The van der Waals surface area contributed by atoms with Gasteiger partial charge in [0.2, 0.25) is 0 Å². The standard InChI is InChI=1S/C15H26F3NOS/c1-13(2,3)19-10-14(7-9-21-15(16,17)18)6-8-20-12(14)11-4-5-11/h11-12,19H,4-10H2,1-3H3. The van der Waals surface area contributed by atoms with Gasteiger partial charge in [0, 0.05) is 29.9 Å². The molecule has 2 rings (SSSR count). The van der Waals surface area contributed by atoms with Crippen LogP contribution in [0.3, 0.4) is 0 Å². The lowest BCUT2D eigenvalue weighted by molar-refractivity contribution is -0.0332. The monoisotopic (exact) mass is 325 g/mol. The summed E-state index contributed by atoms with van der Waals surface area (Å²) in [5, 5.41) is 3.49. The quantitative estimate of drug-likeness (QED) is 0.791. The number of rotatable bonds is 6. The van der Waals surface area contributed by atoms with Crippen LogP contribution in [0.1, 0.15) is 46.5 Å². The van der Waals surface area contributed by atoms with E-state index in [2.05, 4.69) is 26.1 Å². The summed E-state index contributed by atoms with van der Waals surface area (Å²) in [6.07, 6.45) is 3.90. The number of thioether (sulfide) groups is 1. The van der Waals surface area contributed by atoms with Crippen LogP contribution in [0.25, 0.3) is 0 Å². The van der Waals surface area contributed by atoms with Crippen molar-refractivity contribution >= 4 is 11.8 Å². The van der Waals surface area contributed by atoms with Gasteiger partial charge in [-0.15, -0.1) is 0 Å². The third-order valence-electron chi connectivity index (χ3n) is 4.39. The summed E-state index contributed by atoms with van der Waals surface area (Å²) in [5.41, 5.74) is -4.29. The molecular formula is C15H26F3NOS. The SMILES string of the molecule is CC(C)(C)NCC1(CCSC(F)(F)F)CCOC1C1CC1. The predicted octanol–water partition coefficient (Wildman–Crippen LogP) is 4.20. The van der Waals surface area contributed by atoms with Crippen LogP contribution in [0, 0.1) is 11.3 Å². The fourth-order valence-electron chi connectivity index (χ4n) is 3.10. The van der Waals surface area contributed by atoms with E-state index in [4.69, 9.17) is 4.74 Å². The van der Waals surface area contributed by atoms with Crippen LogP contribution in [0.15, 0.2) is 0 Å². The van der Waals surface area contributed by atoms with Crippen molar-refractivity contribution in [3.8, 4) is 0 Å². The van der Waals surface area contributed by atoms with Crippen molar-refractivity contribution in [2.24, 2.45) is 11.3 Å². The summed E-state index contributed by atoms with van der Waals surface area (Å²) >= 11 is 0.103. The van der Waals surface area contributed by atoms with Gasteiger partial charge in [-0.3, -0.25) is 0 Å². The van der Waals surface area contributed by atoms with Crippen LogP contribution in [0.4, 0.5) is 13.2 Å². The molecule has 0 spiro atoms. The van der Waals surface area contributed by atoms with Crippen molar-refractivity contribution in [2.75, 3.05) is 18.9 Å². The van der Waals surface area contributed by atoms with Gasteiger partial charge in [0.1, 0.15) is 0 Å². The van der Waals surface area contributed by atoms with Crippen molar-refractivity contribution in [3.63, 3.8) is 0 Å². The summed E-state index contributed by atoms with van der Waals surface area (Å²) in [7, 11) is 0.